The quantitative estimate of drug-likeness (QED) is 0.797. The van der Waals surface area contributed by atoms with Gasteiger partial charge in [0, 0.05) is 51.6 Å². The molecule has 0 unspecified atom stereocenters. The van der Waals surface area contributed by atoms with Gasteiger partial charge in [0.25, 0.3) is 0 Å². The van der Waals surface area contributed by atoms with E-state index in [0.29, 0.717) is 5.88 Å². The van der Waals surface area contributed by atoms with Crippen molar-refractivity contribution in [2.24, 2.45) is 0 Å². The molecule has 3 aliphatic rings. The van der Waals surface area contributed by atoms with Crippen LogP contribution in [-0.4, -0.2) is 83.8 Å². The number of nitrogens with zero attached hydrogens (tertiary/aromatic N) is 4. The lowest BCUT2D eigenvalue weighted by Gasteiger charge is -2.48. The van der Waals surface area contributed by atoms with E-state index in [2.05, 4.69) is 26.6 Å². The summed E-state index contributed by atoms with van der Waals surface area (Å²) in [5, 5.41) is 0. The molecule has 7 heteroatoms. The number of hydrogen-bond acceptors (Lipinski definition) is 6. The third-order valence-corrected chi connectivity index (χ3v) is 6.04. The molecule has 3 saturated heterocycles. The van der Waals surface area contributed by atoms with Gasteiger partial charge in [-0.15, -0.1) is 0 Å². The Hall–Kier alpha value is -1.70. The number of hydrogen-bond donors (Lipinski definition) is 0. The lowest BCUT2D eigenvalue weighted by molar-refractivity contribution is -0.135. The second-order valence-electron chi connectivity index (χ2n) is 7.29. The van der Waals surface area contributed by atoms with E-state index < -0.39 is 0 Å². The van der Waals surface area contributed by atoms with Crippen molar-refractivity contribution in [1.82, 2.24) is 19.7 Å². The monoisotopic (exact) mass is 360 g/mol. The standard InChI is InChI=1S/C19H28N4O3/c1-3-22-18(24)16-14-21(13-15-5-4-6-17(20-15)25-2)9-10-23(16)19(22)7-11-26-12-8-19/h4-6,16H,3,7-14H2,1-2H3/t16-/m1/s1. The molecule has 4 rings (SSSR count). The van der Waals surface area contributed by atoms with Crippen molar-refractivity contribution in [3.05, 3.63) is 23.9 Å². The zero-order valence-corrected chi connectivity index (χ0v) is 15.7. The van der Waals surface area contributed by atoms with Gasteiger partial charge in [-0.2, -0.15) is 0 Å². The molecule has 0 aromatic carbocycles. The predicted octanol–water partition coefficient (Wildman–Crippen LogP) is 0.945. The topological polar surface area (TPSA) is 58.1 Å². The molecule has 3 aliphatic heterocycles. The van der Waals surface area contributed by atoms with E-state index in [-0.39, 0.29) is 17.6 Å². The van der Waals surface area contributed by atoms with E-state index in [0.717, 1.165) is 64.5 Å². The van der Waals surface area contributed by atoms with Crippen molar-refractivity contribution in [1.29, 1.82) is 0 Å². The largest absolute Gasteiger partial charge is 0.481 e. The van der Waals surface area contributed by atoms with Crippen molar-refractivity contribution in [3.8, 4) is 5.88 Å². The minimum Gasteiger partial charge on any atom is -0.481 e. The molecule has 0 aliphatic carbocycles. The highest BCUT2D eigenvalue weighted by molar-refractivity contribution is 5.85. The highest BCUT2D eigenvalue weighted by atomic mass is 16.5. The summed E-state index contributed by atoms with van der Waals surface area (Å²) in [5.41, 5.74) is 0.853. The number of likely N-dealkylation sites (N-methyl/N-ethyl adjacent to an activating group) is 1. The molecule has 3 fully saturated rings. The zero-order chi connectivity index (χ0) is 18.1. The normalized spacial score (nSPS) is 26.3. The summed E-state index contributed by atoms with van der Waals surface area (Å²) in [6.07, 6.45) is 1.83. The smallest absolute Gasteiger partial charge is 0.242 e. The first kappa shape index (κ1) is 17.7. The second-order valence-corrected chi connectivity index (χ2v) is 7.29. The lowest BCUT2D eigenvalue weighted by atomic mass is 9.96. The Morgan fingerprint density at radius 2 is 2.12 bits per heavy atom. The van der Waals surface area contributed by atoms with Crippen molar-refractivity contribution in [2.75, 3.05) is 46.5 Å². The van der Waals surface area contributed by atoms with Crippen LogP contribution in [0.25, 0.3) is 0 Å². The van der Waals surface area contributed by atoms with Crippen molar-refractivity contribution >= 4 is 5.91 Å². The van der Waals surface area contributed by atoms with Crippen LogP contribution in [0.5, 0.6) is 5.88 Å². The Kier molecular flexibility index (Phi) is 4.86. The first-order valence-corrected chi connectivity index (χ1v) is 9.56. The third kappa shape index (κ3) is 2.88. The molecule has 0 radical (unpaired) electrons. The number of carbonyl (C=O) groups excluding carboxylic acids is 1. The van der Waals surface area contributed by atoms with Crippen molar-refractivity contribution in [2.45, 2.75) is 38.0 Å². The number of piperazine rings is 1. The first-order valence-electron chi connectivity index (χ1n) is 9.56. The summed E-state index contributed by atoms with van der Waals surface area (Å²) in [5.74, 6) is 0.911. The molecule has 1 aromatic heterocycles. The number of pyridine rings is 1. The lowest BCUT2D eigenvalue weighted by Crippen LogP contribution is -2.61. The summed E-state index contributed by atoms with van der Waals surface area (Å²) >= 11 is 0. The van der Waals surface area contributed by atoms with Crippen LogP contribution in [0, 0.1) is 0 Å². The minimum atomic E-state index is -0.130. The molecular weight excluding hydrogens is 332 g/mol. The van der Waals surface area contributed by atoms with E-state index in [4.69, 9.17) is 9.47 Å². The van der Waals surface area contributed by atoms with E-state index in [1.54, 1.807) is 7.11 Å². The van der Waals surface area contributed by atoms with Gasteiger partial charge in [0.05, 0.1) is 26.0 Å². The maximum absolute atomic E-state index is 13.1. The van der Waals surface area contributed by atoms with Gasteiger partial charge in [0.1, 0.15) is 11.7 Å². The number of amides is 1. The van der Waals surface area contributed by atoms with Gasteiger partial charge in [-0.3, -0.25) is 14.6 Å². The van der Waals surface area contributed by atoms with Gasteiger partial charge in [0.15, 0.2) is 0 Å². The molecule has 0 N–H and O–H groups in total. The third-order valence-electron chi connectivity index (χ3n) is 6.04. The van der Waals surface area contributed by atoms with Crippen molar-refractivity contribution in [3.63, 3.8) is 0 Å². The molecular formula is C19H28N4O3. The van der Waals surface area contributed by atoms with Gasteiger partial charge >= 0.3 is 0 Å². The van der Waals surface area contributed by atoms with Gasteiger partial charge in [-0.1, -0.05) is 6.07 Å². The summed E-state index contributed by atoms with van der Waals surface area (Å²) < 4.78 is 10.8. The molecule has 0 bridgehead atoms. The minimum absolute atomic E-state index is 0.0487. The fourth-order valence-electron chi connectivity index (χ4n) is 4.83. The Bertz CT molecular complexity index is 662. The van der Waals surface area contributed by atoms with Gasteiger partial charge in [0.2, 0.25) is 11.8 Å². The maximum atomic E-state index is 13.1. The van der Waals surface area contributed by atoms with E-state index >= 15 is 0 Å². The highest BCUT2D eigenvalue weighted by Crippen LogP contribution is 2.41. The van der Waals surface area contributed by atoms with Gasteiger partial charge in [-0.25, -0.2) is 4.98 Å². The molecule has 1 atom stereocenters. The van der Waals surface area contributed by atoms with Crippen LogP contribution in [0.3, 0.4) is 0 Å². The molecule has 26 heavy (non-hydrogen) atoms. The van der Waals surface area contributed by atoms with E-state index in [1.807, 2.05) is 18.2 Å². The molecule has 1 aromatic rings. The Balaban J connectivity index is 1.50. The van der Waals surface area contributed by atoms with Gasteiger partial charge < -0.3 is 14.4 Å². The molecule has 0 saturated carbocycles. The average molecular weight is 360 g/mol. The predicted molar refractivity (Wildman–Crippen MR) is 96.7 cm³/mol. The number of aromatic nitrogens is 1. The number of rotatable bonds is 4. The SMILES string of the molecule is CCN1C(=O)[C@H]2CN(Cc3cccc(OC)n3)CCN2C12CCOCC2. The second kappa shape index (κ2) is 7.13. The van der Waals surface area contributed by atoms with Crippen LogP contribution in [0.1, 0.15) is 25.5 Å². The Morgan fingerprint density at radius 1 is 1.31 bits per heavy atom. The highest BCUT2D eigenvalue weighted by Gasteiger charge is 2.57. The summed E-state index contributed by atoms with van der Waals surface area (Å²) in [6, 6.07) is 5.79. The average Bonchev–Trinajstić information content (AvgIpc) is 2.90. The number of carbonyl (C=O) groups is 1. The fourth-order valence-corrected chi connectivity index (χ4v) is 4.83. The molecule has 4 heterocycles. The Labute approximate surface area is 154 Å². The molecule has 7 nitrogen and oxygen atoms in total. The van der Waals surface area contributed by atoms with Crippen LogP contribution < -0.4 is 4.74 Å². The first-order chi connectivity index (χ1) is 12.7. The number of ether oxygens (including phenoxy) is 2. The summed E-state index contributed by atoms with van der Waals surface area (Å²) in [7, 11) is 1.63. The fraction of sp³-hybridized carbons (Fsp3) is 0.684. The van der Waals surface area contributed by atoms with Crippen LogP contribution in [0.15, 0.2) is 18.2 Å². The van der Waals surface area contributed by atoms with Crippen LogP contribution in [0.4, 0.5) is 0 Å². The maximum Gasteiger partial charge on any atom is 0.242 e. The molecule has 1 spiro atoms. The zero-order valence-electron chi connectivity index (χ0n) is 15.7. The summed E-state index contributed by atoms with van der Waals surface area (Å²) in [6.45, 7) is 7.71. The van der Waals surface area contributed by atoms with Crippen LogP contribution in [-0.2, 0) is 16.1 Å². The van der Waals surface area contributed by atoms with E-state index in [1.165, 1.54) is 0 Å². The summed E-state index contributed by atoms with van der Waals surface area (Å²) in [4.78, 5) is 24.5. The number of methoxy groups -OCH3 is 1. The van der Waals surface area contributed by atoms with E-state index in [9.17, 15) is 4.79 Å². The Morgan fingerprint density at radius 3 is 2.85 bits per heavy atom. The van der Waals surface area contributed by atoms with Crippen LogP contribution in [0.2, 0.25) is 0 Å². The molecule has 142 valence electrons. The number of fused-ring (bicyclic) bond motifs is 2. The van der Waals surface area contributed by atoms with Crippen LogP contribution >= 0.6 is 0 Å². The van der Waals surface area contributed by atoms with Gasteiger partial charge in [-0.05, 0) is 13.0 Å². The van der Waals surface area contributed by atoms with Crippen molar-refractivity contribution < 1.29 is 14.3 Å². The molecule has 1 amide bonds.